The molecule has 1 saturated heterocycles. The Morgan fingerprint density at radius 1 is 1.15 bits per heavy atom. The molecule has 0 radical (unpaired) electrons. The van der Waals surface area contributed by atoms with Gasteiger partial charge in [-0.3, -0.25) is 14.5 Å². The molecule has 34 heavy (non-hydrogen) atoms. The molecule has 2 unspecified atom stereocenters. The van der Waals surface area contributed by atoms with Gasteiger partial charge in [0.1, 0.15) is 22.1 Å². The Kier molecular flexibility index (Phi) is 6.35. The number of thioether (sulfide) groups is 1. The van der Waals surface area contributed by atoms with E-state index in [4.69, 9.17) is 0 Å². The Balaban J connectivity index is 1.30. The number of thiophene rings is 1. The fourth-order valence-electron chi connectivity index (χ4n) is 3.77. The van der Waals surface area contributed by atoms with Crippen LogP contribution in [0.1, 0.15) is 15.4 Å². The van der Waals surface area contributed by atoms with E-state index < -0.39 is 23.3 Å². The van der Waals surface area contributed by atoms with Crippen LogP contribution in [0.15, 0.2) is 53.5 Å². The van der Waals surface area contributed by atoms with Crippen molar-refractivity contribution < 1.29 is 19.5 Å². The highest BCUT2D eigenvalue weighted by Gasteiger charge is 2.54. The van der Waals surface area contributed by atoms with Crippen LogP contribution in [-0.2, 0) is 27.3 Å². The lowest BCUT2D eigenvalue weighted by atomic mass is 10.0. The molecule has 0 bridgehead atoms. The van der Waals surface area contributed by atoms with Gasteiger partial charge in [-0.05, 0) is 17.0 Å². The molecule has 1 fully saturated rings. The van der Waals surface area contributed by atoms with Gasteiger partial charge in [0, 0.05) is 22.7 Å². The number of aliphatic carboxylic acids is 1. The van der Waals surface area contributed by atoms with Gasteiger partial charge in [-0.25, -0.2) is 4.79 Å². The van der Waals surface area contributed by atoms with Gasteiger partial charge in [0.2, 0.25) is 11.0 Å². The SMILES string of the molecule is O=C(Cc1cccs1)NC1C(=O)N2C(C(=O)O)=C(c3nnc(NCc4ccccc4)s3)CSC12. The molecule has 2 aliphatic heterocycles. The first-order chi connectivity index (χ1) is 16.5. The minimum atomic E-state index is -1.20. The molecule has 5 rings (SSSR count). The van der Waals surface area contributed by atoms with Crippen LogP contribution in [0, 0.1) is 0 Å². The van der Waals surface area contributed by atoms with Gasteiger partial charge in [-0.15, -0.1) is 33.3 Å². The number of amides is 2. The van der Waals surface area contributed by atoms with E-state index in [2.05, 4.69) is 20.8 Å². The van der Waals surface area contributed by atoms with Crippen LogP contribution < -0.4 is 10.6 Å². The summed E-state index contributed by atoms with van der Waals surface area (Å²) in [5.41, 5.74) is 1.44. The zero-order chi connectivity index (χ0) is 23.7. The Labute approximate surface area is 206 Å². The van der Waals surface area contributed by atoms with Crippen LogP contribution in [0.2, 0.25) is 0 Å². The van der Waals surface area contributed by atoms with Crippen molar-refractivity contribution in [1.82, 2.24) is 20.4 Å². The van der Waals surface area contributed by atoms with Crippen molar-refractivity contribution in [3.63, 3.8) is 0 Å². The van der Waals surface area contributed by atoms with Crippen LogP contribution in [0.5, 0.6) is 0 Å². The summed E-state index contributed by atoms with van der Waals surface area (Å²) < 4.78 is 0. The molecular formula is C22H19N5O4S3. The molecule has 174 valence electrons. The van der Waals surface area contributed by atoms with Crippen molar-refractivity contribution in [1.29, 1.82) is 0 Å². The second kappa shape index (κ2) is 9.57. The van der Waals surface area contributed by atoms with Crippen molar-refractivity contribution >= 4 is 62.9 Å². The van der Waals surface area contributed by atoms with Crippen molar-refractivity contribution in [3.8, 4) is 0 Å². The molecule has 2 amide bonds. The van der Waals surface area contributed by atoms with Gasteiger partial charge in [-0.2, -0.15) is 0 Å². The van der Waals surface area contributed by atoms with Gasteiger partial charge in [-0.1, -0.05) is 47.7 Å². The van der Waals surface area contributed by atoms with Gasteiger partial charge in [0.25, 0.3) is 5.91 Å². The molecule has 0 spiro atoms. The Morgan fingerprint density at radius 2 is 1.97 bits per heavy atom. The maximum Gasteiger partial charge on any atom is 0.353 e. The predicted molar refractivity (Wildman–Crippen MR) is 131 cm³/mol. The molecule has 3 aromatic rings. The number of aromatic nitrogens is 2. The number of hydrogen-bond acceptors (Lipinski definition) is 9. The third-order valence-electron chi connectivity index (χ3n) is 5.37. The molecule has 0 saturated carbocycles. The predicted octanol–water partition coefficient (Wildman–Crippen LogP) is 2.65. The number of nitrogens with one attached hydrogen (secondary N) is 2. The molecule has 12 heteroatoms. The summed E-state index contributed by atoms with van der Waals surface area (Å²) in [5, 5.41) is 26.6. The first-order valence-electron chi connectivity index (χ1n) is 10.4. The Hall–Kier alpha value is -3.22. The number of nitrogens with zero attached hydrogens (tertiary/aromatic N) is 3. The molecule has 4 heterocycles. The molecular weight excluding hydrogens is 494 g/mol. The standard InChI is InChI=1S/C22H19N5O4S3/c28-15(9-13-7-4-8-32-13)24-16-19(29)27-17(21(30)31)14(11-33-20(16)27)18-25-26-22(34-18)23-10-12-5-2-1-3-6-12/h1-8,16,20H,9-11H2,(H,23,26)(H,24,28)(H,30,31). The van der Waals surface area contributed by atoms with E-state index in [0.29, 0.717) is 28.0 Å². The number of fused-ring (bicyclic) bond motifs is 1. The highest BCUT2D eigenvalue weighted by Crippen LogP contribution is 2.44. The van der Waals surface area contributed by atoms with E-state index in [1.165, 1.54) is 39.3 Å². The Bertz CT molecular complexity index is 1260. The molecule has 2 atom stereocenters. The third kappa shape index (κ3) is 4.43. The number of β-lactam (4-membered cyclic amide) rings is 1. The van der Waals surface area contributed by atoms with Crippen LogP contribution >= 0.6 is 34.4 Å². The van der Waals surface area contributed by atoms with Crippen LogP contribution in [-0.4, -0.2) is 55.2 Å². The topological polar surface area (TPSA) is 125 Å². The minimum Gasteiger partial charge on any atom is -0.477 e. The third-order valence-corrected chi connectivity index (χ3v) is 8.47. The van der Waals surface area contributed by atoms with Gasteiger partial charge < -0.3 is 15.7 Å². The molecule has 1 aromatic carbocycles. The first kappa shape index (κ1) is 22.6. The monoisotopic (exact) mass is 513 g/mol. The minimum absolute atomic E-state index is 0.0942. The largest absolute Gasteiger partial charge is 0.477 e. The van der Waals surface area contributed by atoms with Crippen molar-refractivity contribution in [2.75, 3.05) is 11.1 Å². The van der Waals surface area contributed by atoms with Gasteiger partial charge in [0.15, 0.2) is 0 Å². The van der Waals surface area contributed by atoms with E-state index in [1.807, 2.05) is 47.8 Å². The number of anilines is 1. The number of carboxylic acid groups (broad SMARTS) is 1. The number of rotatable bonds is 8. The number of carboxylic acids is 1. The summed E-state index contributed by atoms with van der Waals surface area (Å²) in [6.45, 7) is 0.564. The quantitative estimate of drug-likeness (QED) is 0.393. The average Bonchev–Trinajstić information content (AvgIpc) is 3.53. The maximum absolute atomic E-state index is 12.8. The molecule has 0 aliphatic carbocycles. The number of benzene rings is 1. The van der Waals surface area contributed by atoms with Crippen molar-refractivity contribution in [2.45, 2.75) is 24.4 Å². The normalized spacial score (nSPS) is 19.4. The summed E-state index contributed by atoms with van der Waals surface area (Å²) in [6.07, 6.45) is 0.190. The molecule has 3 N–H and O–H groups in total. The Morgan fingerprint density at radius 3 is 2.71 bits per heavy atom. The number of carbonyl (C=O) groups is 3. The summed E-state index contributed by atoms with van der Waals surface area (Å²) in [6, 6.07) is 12.8. The summed E-state index contributed by atoms with van der Waals surface area (Å²) in [4.78, 5) is 39.5. The van der Waals surface area contributed by atoms with Crippen molar-refractivity contribution in [3.05, 3.63) is 69.0 Å². The van der Waals surface area contributed by atoms with Crippen LogP contribution in [0.4, 0.5) is 5.13 Å². The zero-order valence-corrected chi connectivity index (χ0v) is 20.1. The van der Waals surface area contributed by atoms with Crippen molar-refractivity contribution in [2.24, 2.45) is 0 Å². The lowest BCUT2D eigenvalue weighted by molar-refractivity contribution is -0.150. The molecule has 9 nitrogen and oxygen atoms in total. The highest BCUT2D eigenvalue weighted by molar-refractivity contribution is 8.00. The number of hydrogen-bond donors (Lipinski definition) is 3. The second-order valence-electron chi connectivity index (χ2n) is 7.59. The smallest absolute Gasteiger partial charge is 0.353 e. The maximum atomic E-state index is 12.8. The second-order valence-corrected chi connectivity index (χ2v) is 10.7. The summed E-state index contributed by atoms with van der Waals surface area (Å²) >= 11 is 4.13. The van der Waals surface area contributed by atoms with Crippen LogP contribution in [0.3, 0.4) is 0 Å². The van der Waals surface area contributed by atoms with E-state index in [9.17, 15) is 19.5 Å². The first-order valence-corrected chi connectivity index (χ1v) is 13.1. The van der Waals surface area contributed by atoms with E-state index in [0.717, 1.165) is 10.4 Å². The fourth-order valence-corrected chi connectivity index (χ4v) is 6.69. The highest BCUT2D eigenvalue weighted by atomic mass is 32.2. The summed E-state index contributed by atoms with van der Waals surface area (Å²) in [5.74, 6) is -1.55. The fraction of sp³-hybridized carbons (Fsp3) is 0.227. The molecule has 2 aromatic heterocycles. The average molecular weight is 514 g/mol. The lowest BCUT2D eigenvalue weighted by Gasteiger charge is -2.49. The lowest BCUT2D eigenvalue weighted by Crippen LogP contribution is -2.70. The zero-order valence-electron chi connectivity index (χ0n) is 17.6. The summed E-state index contributed by atoms with van der Waals surface area (Å²) in [7, 11) is 0. The van der Waals surface area contributed by atoms with E-state index in [1.54, 1.807) is 0 Å². The molecule has 2 aliphatic rings. The van der Waals surface area contributed by atoms with Gasteiger partial charge in [0.05, 0.1) is 6.42 Å². The van der Waals surface area contributed by atoms with E-state index in [-0.39, 0.29) is 18.0 Å². The van der Waals surface area contributed by atoms with Crippen LogP contribution in [0.25, 0.3) is 5.57 Å². The van der Waals surface area contributed by atoms with Gasteiger partial charge >= 0.3 is 5.97 Å². The van der Waals surface area contributed by atoms with E-state index >= 15 is 0 Å². The number of carbonyl (C=O) groups excluding carboxylic acids is 2.